The normalized spacial score (nSPS) is 16.8. The molecule has 0 spiro atoms. The minimum absolute atomic E-state index is 0.0510. The first-order valence-electron chi connectivity index (χ1n) is 23.8. The van der Waals surface area contributed by atoms with Gasteiger partial charge in [-0.25, -0.2) is 4.79 Å². The third-order valence-electron chi connectivity index (χ3n) is 12.1. The lowest BCUT2D eigenvalue weighted by molar-refractivity contribution is -0.145. The van der Waals surface area contributed by atoms with Crippen molar-refractivity contribution in [2.75, 3.05) is 55.2 Å². The number of unbranched alkanes of at least 4 members (excludes halogenated alkanes) is 10. The van der Waals surface area contributed by atoms with Gasteiger partial charge in [0.05, 0.1) is 34.5 Å². The molecule has 3 rings (SSSR count). The largest absolute Gasteiger partial charge is 0.496 e. The van der Waals surface area contributed by atoms with Crippen LogP contribution in [0.4, 0.5) is 0 Å². The first kappa shape index (κ1) is 55.6. The van der Waals surface area contributed by atoms with E-state index in [1.54, 1.807) is 43.4 Å². The first-order valence-corrected chi connectivity index (χ1v) is 23.8. The molecule has 0 aliphatic carbocycles. The summed E-state index contributed by atoms with van der Waals surface area (Å²) in [6.45, 7) is 6.94. The first-order chi connectivity index (χ1) is 32.1. The van der Waals surface area contributed by atoms with Crippen LogP contribution in [0.15, 0.2) is 36.4 Å². The van der Waals surface area contributed by atoms with Crippen LogP contribution in [-0.4, -0.2) is 131 Å². The molecule has 5 atom stereocenters. The van der Waals surface area contributed by atoms with Gasteiger partial charge in [0.15, 0.2) is 0 Å². The zero-order chi connectivity index (χ0) is 49.5. The zero-order valence-electron chi connectivity index (χ0n) is 41.3. The van der Waals surface area contributed by atoms with Crippen molar-refractivity contribution in [2.45, 2.75) is 148 Å². The van der Waals surface area contributed by atoms with E-state index in [9.17, 15) is 33.6 Å². The second kappa shape index (κ2) is 29.1. The molecule has 2 aromatic rings. The molecule has 0 aromatic heterocycles. The van der Waals surface area contributed by atoms with E-state index in [4.69, 9.17) is 18.9 Å². The summed E-state index contributed by atoms with van der Waals surface area (Å²) in [5, 5.41) is 10.6. The monoisotopic (exact) mass is 937 g/mol. The summed E-state index contributed by atoms with van der Waals surface area (Å²) < 4.78 is 22.2. The Morgan fingerprint density at radius 2 is 1.34 bits per heavy atom. The van der Waals surface area contributed by atoms with E-state index in [-0.39, 0.29) is 25.4 Å². The smallest absolute Gasteiger partial charge is 0.328 e. The molecule has 1 aliphatic rings. The molecule has 17 heteroatoms. The van der Waals surface area contributed by atoms with Gasteiger partial charge in [-0.3, -0.25) is 28.8 Å². The Hall–Kier alpha value is -5.71. The maximum Gasteiger partial charge on any atom is 0.328 e. The summed E-state index contributed by atoms with van der Waals surface area (Å²) in [6, 6.07) is 4.51. The van der Waals surface area contributed by atoms with Crippen LogP contribution in [0.1, 0.15) is 128 Å². The number of rotatable bonds is 26. The molecule has 0 radical (unpaired) electrons. The van der Waals surface area contributed by atoms with Gasteiger partial charge in [0.25, 0.3) is 0 Å². The predicted octanol–water partition coefficient (Wildman–Crippen LogP) is 5.16. The third-order valence-corrected chi connectivity index (χ3v) is 12.1. The van der Waals surface area contributed by atoms with E-state index < -0.39 is 72.3 Å². The van der Waals surface area contributed by atoms with E-state index >= 15 is 0 Å². The van der Waals surface area contributed by atoms with Crippen molar-refractivity contribution < 1.29 is 52.5 Å². The maximum absolute atomic E-state index is 14.2. The molecule has 4 bridgehead atoms. The number of carbonyl (C=O) groups excluding carboxylic acids is 7. The fraction of sp³-hybridized carbons (Fsp3) is 0.620. The van der Waals surface area contributed by atoms with Crippen LogP contribution in [-0.2, 0) is 49.5 Å². The van der Waals surface area contributed by atoms with Crippen molar-refractivity contribution in [1.82, 2.24) is 31.1 Å². The van der Waals surface area contributed by atoms with Gasteiger partial charge in [-0.15, -0.1) is 0 Å². The highest BCUT2D eigenvalue weighted by Crippen LogP contribution is 2.39. The van der Waals surface area contributed by atoms with Crippen LogP contribution < -0.4 is 30.7 Å². The summed E-state index contributed by atoms with van der Waals surface area (Å²) in [4.78, 5) is 97.4. The van der Waals surface area contributed by atoms with Crippen molar-refractivity contribution in [3.63, 3.8) is 0 Å². The molecule has 0 unspecified atom stereocenters. The van der Waals surface area contributed by atoms with Gasteiger partial charge < -0.3 is 50.0 Å². The molecule has 1 aliphatic heterocycles. The quantitative estimate of drug-likeness (QED) is 0.0715. The Morgan fingerprint density at radius 1 is 0.746 bits per heavy atom. The van der Waals surface area contributed by atoms with Gasteiger partial charge in [0.1, 0.15) is 41.7 Å². The molecule has 6 amide bonds. The average molecular weight is 937 g/mol. The number of esters is 1. The van der Waals surface area contributed by atoms with Gasteiger partial charge in [-0.2, -0.15) is 0 Å². The van der Waals surface area contributed by atoms with Crippen LogP contribution in [0.5, 0.6) is 11.5 Å². The SMILES string of the molecule is CCCCCCCCCCCCC(=O)N(C)[C@H](COCCCC)C(=O)N[C@H](C)C(=O)NCC(=O)N(C)[C@@H]1C(=O)N[C@@H](C)C(=O)N[C@H](C(=O)OC)Cc2ccc(OC)c(c2)-c2cc1ccc2OC. The summed E-state index contributed by atoms with van der Waals surface area (Å²) in [6.07, 6.45) is 13.3. The minimum Gasteiger partial charge on any atom is -0.496 e. The van der Waals surface area contributed by atoms with Crippen LogP contribution >= 0.6 is 0 Å². The molecule has 2 aromatic carbocycles. The van der Waals surface area contributed by atoms with E-state index in [0.717, 1.165) is 37.0 Å². The number of hydrogen-bond donors (Lipinski definition) is 4. The Labute approximate surface area is 397 Å². The molecule has 67 heavy (non-hydrogen) atoms. The number of likely N-dealkylation sites (N-methyl/N-ethyl adjacent to an activating group) is 2. The van der Waals surface area contributed by atoms with Gasteiger partial charge in [0, 0.05) is 44.7 Å². The minimum atomic E-state index is -1.34. The van der Waals surface area contributed by atoms with Crippen molar-refractivity contribution in [3.05, 3.63) is 47.5 Å². The molecule has 0 saturated carbocycles. The second-order valence-electron chi connectivity index (χ2n) is 17.2. The molecule has 4 N–H and O–H groups in total. The van der Waals surface area contributed by atoms with Crippen LogP contribution in [0.25, 0.3) is 11.1 Å². The summed E-state index contributed by atoms with van der Waals surface area (Å²) in [5.41, 5.74) is 2.07. The molecular formula is C50H76N6O11. The van der Waals surface area contributed by atoms with E-state index in [2.05, 4.69) is 28.2 Å². The molecule has 17 nitrogen and oxygen atoms in total. The van der Waals surface area contributed by atoms with Gasteiger partial charge in [-0.1, -0.05) is 90.2 Å². The molecule has 372 valence electrons. The molecule has 0 saturated heterocycles. The van der Waals surface area contributed by atoms with Crippen LogP contribution in [0, 0.1) is 0 Å². The predicted molar refractivity (Wildman–Crippen MR) is 255 cm³/mol. The molecule has 1 heterocycles. The lowest BCUT2D eigenvalue weighted by Gasteiger charge is -2.30. The topological polar surface area (TPSA) is 211 Å². The average Bonchev–Trinajstić information content (AvgIpc) is 3.32. The van der Waals surface area contributed by atoms with E-state index in [1.165, 1.54) is 85.6 Å². The Bertz CT molecular complexity index is 1960. The van der Waals surface area contributed by atoms with Crippen molar-refractivity contribution in [3.8, 4) is 22.6 Å². The maximum atomic E-state index is 14.2. The Balaban J connectivity index is 1.77. The number of nitrogens with one attached hydrogen (secondary N) is 4. The standard InChI is InChI=1S/C50H76N6O11/c1-10-12-14-15-16-17-18-19-20-21-22-43(57)55(5)40(32-67-27-13-11-2)48(61)52-33(3)46(59)51-31-44(58)56(6)45-36-24-26-42(65-8)38(30-36)37-28-35(23-25-41(37)64-7)29-39(50(63)66-9)54-47(60)34(4)53-49(45)62/h23-26,28,30,33-34,39-40,45H,10-22,27,29,31-32H2,1-9H3,(H,51,59)(H,52,61)(H,53,62)(H,54,60)/t33-,34+,39+,40-,45+/m1/s1. The van der Waals surface area contributed by atoms with Gasteiger partial charge in [-0.05, 0) is 62.1 Å². The van der Waals surface area contributed by atoms with Gasteiger partial charge in [0.2, 0.25) is 35.4 Å². The number of ether oxygens (including phenoxy) is 4. The van der Waals surface area contributed by atoms with Crippen LogP contribution in [0.3, 0.4) is 0 Å². The van der Waals surface area contributed by atoms with Crippen LogP contribution in [0.2, 0.25) is 0 Å². The number of fused-ring (bicyclic) bond motifs is 5. The summed E-state index contributed by atoms with van der Waals surface area (Å²) >= 11 is 0. The number of benzene rings is 2. The lowest BCUT2D eigenvalue weighted by atomic mass is 9.93. The van der Waals surface area contributed by atoms with Gasteiger partial charge >= 0.3 is 5.97 Å². The second-order valence-corrected chi connectivity index (χ2v) is 17.2. The number of amides is 6. The molecular weight excluding hydrogens is 861 g/mol. The summed E-state index contributed by atoms with van der Waals surface area (Å²) in [5.74, 6) is -3.34. The number of carbonyl (C=O) groups is 7. The molecule has 0 fully saturated rings. The third kappa shape index (κ3) is 17.2. The van der Waals surface area contributed by atoms with Crippen molar-refractivity contribution in [2.24, 2.45) is 0 Å². The van der Waals surface area contributed by atoms with E-state index in [0.29, 0.717) is 46.8 Å². The number of nitrogens with zero attached hydrogens (tertiary/aromatic N) is 2. The zero-order valence-corrected chi connectivity index (χ0v) is 41.3. The summed E-state index contributed by atoms with van der Waals surface area (Å²) in [7, 11) is 7.15. The highest BCUT2D eigenvalue weighted by atomic mass is 16.5. The number of methoxy groups -OCH3 is 3. The van der Waals surface area contributed by atoms with Crippen molar-refractivity contribution in [1.29, 1.82) is 0 Å². The highest BCUT2D eigenvalue weighted by molar-refractivity contribution is 5.96. The Kier molecular flexibility index (Phi) is 24.2. The lowest BCUT2D eigenvalue weighted by Crippen LogP contribution is -2.55. The highest BCUT2D eigenvalue weighted by Gasteiger charge is 2.34. The van der Waals surface area contributed by atoms with Crippen molar-refractivity contribution >= 4 is 41.4 Å². The fourth-order valence-electron chi connectivity index (χ4n) is 7.85. The Morgan fingerprint density at radius 3 is 1.96 bits per heavy atom. The van der Waals surface area contributed by atoms with E-state index in [1.807, 2.05) is 6.92 Å². The number of hydrogen-bond acceptors (Lipinski definition) is 11. The fourth-order valence-corrected chi connectivity index (χ4v) is 7.85.